The van der Waals surface area contributed by atoms with Gasteiger partial charge >= 0.3 is 5.69 Å². The first-order valence-corrected chi connectivity index (χ1v) is 7.25. The average molecular weight is 288 g/mol. The molecule has 0 amide bonds. The smallest absolute Gasteiger partial charge is 0.345 e. The fraction of sp³-hybridized carbons (Fsp3) is 0.467. The van der Waals surface area contributed by atoms with Crippen molar-refractivity contribution >= 4 is 0 Å². The van der Waals surface area contributed by atoms with Gasteiger partial charge in [0, 0.05) is 19.0 Å². The molecule has 0 radical (unpaired) electrons. The summed E-state index contributed by atoms with van der Waals surface area (Å²) in [5, 5.41) is 4.41. The SMILES string of the molecule is COc1cccc(C(N)Cn2nc3n(c2=O)CCCC3)c1. The van der Waals surface area contributed by atoms with Gasteiger partial charge in [-0.15, -0.1) is 0 Å². The van der Waals surface area contributed by atoms with Crippen molar-refractivity contribution in [3.05, 3.63) is 46.1 Å². The number of benzene rings is 1. The zero-order chi connectivity index (χ0) is 14.8. The number of methoxy groups -OCH3 is 1. The number of aromatic nitrogens is 3. The number of fused-ring (bicyclic) bond motifs is 1. The maximum atomic E-state index is 12.3. The molecule has 6 nitrogen and oxygen atoms in total. The Morgan fingerprint density at radius 3 is 3.05 bits per heavy atom. The number of rotatable bonds is 4. The zero-order valence-corrected chi connectivity index (χ0v) is 12.2. The van der Waals surface area contributed by atoms with Crippen LogP contribution in [0.3, 0.4) is 0 Å². The van der Waals surface area contributed by atoms with Crippen molar-refractivity contribution in [2.24, 2.45) is 5.73 Å². The van der Waals surface area contributed by atoms with Gasteiger partial charge in [0.1, 0.15) is 11.6 Å². The van der Waals surface area contributed by atoms with Gasteiger partial charge in [-0.25, -0.2) is 9.48 Å². The topological polar surface area (TPSA) is 75.1 Å². The number of hydrogen-bond acceptors (Lipinski definition) is 4. The summed E-state index contributed by atoms with van der Waals surface area (Å²) in [6.07, 6.45) is 3.01. The van der Waals surface area contributed by atoms with E-state index < -0.39 is 0 Å². The summed E-state index contributed by atoms with van der Waals surface area (Å²) in [6, 6.07) is 7.32. The monoisotopic (exact) mass is 288 g/mol. The van der Waals surface area contributed by atoms with E-state index in [1.165, 1.54) is 4.68 Å². The van der Waals surface area contributed by atoms with E-state index in [9.17, 15) is 4.79 Å². The van der Waals surface area contributed by atoms with Crippen LogP contribution in [0.1, 0.15) is 30.3 Å². The van der Waals surface area contributed by atoms with Crippen molar-refractivity contribution in [1.82, 2.24) is 14.3 Å². The highest BCUT2D eigenvalue weighted by Gasteiger charge is 2.18. The van der Waals surface area contributed by atoms with Crippen LogP contribution in [0.15, 0.2) is 29.1 Å². The van der Waals surface area contributed by atoms with Gasteiger partial charge < -0.3 is 10.5 Å². The third-order valence-corrected chi connectivity index (χ3v) is 3.92. The number of hydrogen-bond donors (Lipinski definition) is 1. The Kier molecular flexibility index (Phi) is 3.79. The van der Waals surface area contributed by atoms with Crippen LogP contribution in [0.4, 0.5) is 0 Å². The van der Waals surface area contributed by atoms with E-state index in [1.54, 1.807) is 11.7 Å². The van der Waals surface area contributed by atoms with E-state index in [-0.39, 0.29) is 11.7 Å². The van der Waals surface area contributed by atoms with Crippen molar-refractivity contribution in [3.63, 3.8) is 0 Å². The molecule has 0 saturated carbocycles. The summed E-state index contributed by atoms with van der Waals surface area (Å²) in [5.74, 6) is 1.64. The summed E-state index contributed by atoms with van der Waals surface area (Å²) >= 11 is 0. The number of nitrogens with two attached hydrogens (primary N) is 1. The van der Waals surface area contributed by atoms with Gasteiger partial charge in [0.25, 0.3) is 0 Å². The molecular formula is C15H20N4O2. The molecule has 6 heteroatoms. The number of aryl methyl sites for hydroxylation is 1. The van der Waals surface area contributed by atoms with E-state index in [0.717, 1.165) is 42.9 Å². The van der Waals surface area contributed by atoms with Gasteiger partial charge in [0.15, 0.2) is 0 Å². The summed E-state index contributed by atoms with van der Waals surface area (Å²) in [7, 11) is 1.62. The Bertz CT molecular complexity index is 689. The first-order chi connectivity index (χ1) is 10.2. The second-order valence-corrected chi connectivity index (χ2v) is 5.37. The maximum Gasteiger partial charge on any atom is 0.345 e. The highest BCUT2D eigenvalue weighted by Crippen LogP contribution is 2.18. The van der Waals surface area contributed by atoms with E-state index in [2.05, 4.69) is 5.10 Å². The van der Waals surface area contributed by atoms with E-state index >= 15 is 0 Å². The molecule has 0 bridgehead atoms. The standard InChI is InChI=1S/C15H20N4O2/c1-21-12-6-4-5-11(9-12)13(16)10-19-15(20)18-8-3-2-7-14(18)17-19/h4-6,9,13H,2-3,7-8,10,16H2,1H3. The third-order valence-electron chi connectivity index (χ3n) is 3.92. The van der Waals surface area contributed by atoms with Crippen LogP contribution in [-0.4, -0.2) is 21.5 Å². The van der Waals surface area contributed by atoms with Crippen LogP contribution in [0, 0.1) is 0 Å². The lowest BCUT2D eigenvalue weighted by molar-refractivity contribution is 0.413. The number of nitrogens with zero attached hydrogens (tertiary/aromatic N) is 3. The number of ether oxygens (including phenoxy) is 1. The molecule has 2 N–H and O–H groups in total. The molecule has 1 aliphatic heterocycles. The van der Waals surface area contributed by atoms with Crippen molar-refractivity contribution < 1.29 is 4.74 Å². The highest BCUT2D eigenvalue weighted by molar-refractivity contribution is 5.30. The summed E-state index contributed by atoms with van der Waals surface area (Å²) in [6.45, 7) is 1.15. The molecular weight excluding hydrogens is 268 g/mol. The lowest BCUT2D eigenvalue weighted by atomic mass is 10.1. The average Bonchev–Trinajstić information content (AvgIpc) is 2.84. The lowest BCUT2D eigenvalue weighted by Crippen LogP contribution is -2.30. The van der Waals surface area contributed by atoms with Crippen LogP contribution in [0.2, 0.25) is 0 Å². The third kappa shape index (κ3) is 2.71. The van der Waals surface area contributed by atoms with Crippen molar-refractivity contribution in [3.8, 4) is 5.75 Å². The molecule has 1 aliphatic rings. The molecule has 1 aromatic heterocycles. The second-order valence-electron chi connectivity index (χ2n) is 5.37. The summed E-state index contributed by atoms with van der Waals surface area (Å²) in [4.78, 5) is 12.3. The molecule has 3 rings (SSSR count). The summed E-state index contributed by atoms with van der Waals surface area (Å²) < 4.78 is 8.46. The van der Waals surface area contributed by atoms with Crippen molar-refractivity contribution in [2.75, 3.05) is 7.11 Å². The maximum absolute atomic E-state index is 12.3. The Morgan fingerprint density at radius 2 is 2.29 bits per heavy atom. The molecule has 0 spiro atoms. The normalized spacial score (nSPS) is 15.5. The minimum atomic E-state index is -0.283. The fourth-order valence-corrected chi connectivity index (χ4v) is 2.73. The van der Waals surface area contributed by atoms with Gasteiger partial charge in [-0.1, -0.05) is 12.1 Å². The van der Waals surface area contributed by atoms with Crippen LogP contribution >= 0.6 is 0 Å². The molecule has 2 heterocycles. The second kappa shape index (κ2) is 5.73. The van der Waals surface area contributed by atoms with Gasteiger partial charge in [0.05, 0.1) is 13.7 Å². The zero-order valence-electron chi connectivity index (χ0n) is 12.2. The Balaban J connectivity index is 1.83. The van der Waals surface area contributed by atoms with Gasteiger partial charge in [-0.2, -0.15) is 5.10 Å². The van der Waals surface area contributed by atoms with E-state index in [0.29, 0.717) is 6.54 Å². The van der Waals surface area contributed by atoms with Crippen molar-refractivity contribution in [2.45, 2.75) is 38.4 Å². The predicted molar refractivity (Wildman–Crippen MR) is 79.3 cm³/mol. The quantitative estimate of drug-likeness (QED) is 0.914. The molecule has 0 saturated heterocycles. The van der Waals surface area contributed by atoms with Crippen LogP contribution < -0.4 is 16.2 Å². The van der Waals surface area contributed by atoms with E-state index in [1.807, 2.05) is 24.3 Å². The molecule has 0 fully saturated rings. The molecule has 1 unspecified atom stereocenters. The first kappa shape index (κ1) is 13.9. The van der Waals surface area contributed by atoms with Crippen LogP contribution in [-0.2, 0) is 19.5 Å². The largest absolute Gasteiger partial charge is 0.497 e. The molecule has 0 aliphatic carbocycles. The van der Waals surface area contributed by atoms with Gasteiger partial charge in [-0.3, -0.25) is 4.57 Å². The fourth-order valence-electron chi connectivity index (χ4n) is 2.73. The van der Waals surface area contributed by atoms with Gasteiger partial charge in [-0.05, 0) is 30.5 Å². The predicted octanol–water partition coefficient (Wildman–Crippen LogP) is 1.09. The van der Waals surface area contributed by atoms with Crippen molar-refractivity contribution in [1.29, 1.82) is 0 Å². The molecule has 112 valence electrons. The lowest BCUT2D eigenvalue weighted by Gasteiger charge is -2.12. The van der Waals surface area contributed by atoms with E-state index in [4.69, 9.17) is 10.5 Å². The highest BCUT2D eigenvalue weighted by atomic mass is 16.5. The molecule has 1 atom stereocenters. The minimum absolute atomic E-state index is 0.0527. The van der Waals surface area contributed by atoms with Crippen LogP contribution in [0.25, 0.3) is 0 Å². The Morgan fingerprint density at radius 1 is 1.43 bits per heavy atom. The Labute approximate surface area is 123 Å². The Hall–Kier alpha value is -2.08. The molecule has 2 aromatic rings. The molecule has 21 heavy (non-hydrogen) atoms. The van der Waals surface area contributed by atoms with Crippen LogP contribution in [0.5, 0.6) is 5.75 Å². The minimum Gasteiger partial charge on any atom is -0.497 e. The summed E-state index contributed by atoms with van der Waals surface area (Å²) in [5.41, 5.74) is 7.10. The van der Waals surface area contributed by atoms with Gasteiger partial charge in [0.2, 0.25) is 0 Å². The molecule has 1 aromatic carbocycles. The first-order valence-electron chi connectivity index (χ1n) is 7.25.